The number of carboxylic acids is 1. The molecule has 3 aliphatic rings. The van der Waals surface area contributed by atoms with Gasteiger partial charge >= 0.3 is 5.97 Å². The summed E-state index contributed by atoms with van der Waals surface area (Å²) < 4.78 is 14.4. The van der Waals surface area contributed by atoms with Crippen LogP contribution in [0.5, 0.6) is 11.5 Å². The third kappa shape index (κ3) is 6.05. The largest absolute Gasteiger partial charge is 0.494 e. The summed E-state index contributed by atoms with van der Waals surface area (Å²) in [5.74, 6) is 0.420. The van der Waals surface area contributed by atoms with Crippen molar-refractivity contribution in [2.24, 2.45) is 0 Å². The normalized spacial score (nSPS) is 17.0. The molecule has 2 amide bonds. The van der Waals surface area contributed by atoms with Gasteiger partial charge < -0.3 is 29.8 Å². The molecule has 0 unspecified atom stereocenters. The Labute approximate surface area is 279 Å². The highest BCUT2D eigenvalue weighted by atomic mass is 16.5. The maximum atomic E-state index is 13.9. The third-order valence-corrected chi connectivity index (χ3v) is 10.0. The number of benzene rings is 3. The molecule has 2 fully saturated rings. The van der Waals surface area contributed by atoms with Crippen molar-refractivity contribution in [1.29, 1.82) is 0 Å². The van der Waals surface area contributed by atoms with Gasteiger partial charge in [0.2, 0.25) is 5.91 Å². The van der Waals surface area contributed by atoms with Gasteiger partial charge in [0.25, 0.3) is 5.91 Å². The molecule has 0 atom stereocenters. The Bertz CT molecular complexity index is 1910. The molecular weight excluding hydrogens is 606 g/mol. The van der Waals surface area contributed by atoms with Gasteiger partial charge in [0.15, 0.2) is 0 Å². The first-order valence-electron chi connectivity index (χ1n) is 17.1. The van der Waals surface area contributed by atoms with E-state index in [0.29, 0.717) is 55.3 Å². The van der Waals surface area contributed by atoms with Crippen LogP contribution in [0, 0.1) is 0 Å². The molecule has 0 spiro atoms. The molecule has 1 aromatic heterocycles. The summed E-state index contributed by atoms with van der Waals surface area (Å²) in [6, 6.07) is 19.0. The molecular formula is C39H41N3O6. The Morgan fingerprint density at radius 1 is 1.02 bits per heavy atom. The fourth-order valence-electron chi connectivity index (χ4n) is 7.53. The quantitative estimate of drug-likeness (QED) is 0.162. The zero-order valence-corrected chi connectivity index (χ0v) is 27.2. The molecule has 2 heterocycles. The zero-order valence-electron chi connectivity index (χ0n) is 27.2. The summed E-state index contributed by atoms with van der Waals surface area (Å²) in [6.45, 7) is 3.70. The van der Waals surface area contributed by atoms with E-state index in [1.807, 2.05) is 31.2 Å². The summed E-state index contributed by atoms with van der Waals surface area (Å²) in [6.07, 6.45) is 10.4. The van der Waals surface area contributed by atoms with Gasteiger partial charge in [-0.3, -0.25) is 9.59 Å². The van der Waals surface area contributed by atoms with Gasteiger partial charge in [0.05, 0.1) is 18.8 Å². The van der Waals surface area contributed by atoms with Crippen LogP contribution in [0.15, 0.2) is 66.7 Å². The van der Waals surface area contributed by atoms with Gasteiger partial charge in [-0.1, -0.05) is 37.5 Å². The van der Waals surface area contributed by atoms with Crippen molar-refractivity contribution in [3.63, 3.8) is 0 Å². The smallest absolute Gasteiger partial charge is 0.328 e. The van der Waals surface area contributed by atoms with Crippen molar-refractivity contribution in [3.8, 4) is 22.8 Å². The molecule has 0 bridgehead atoms. The van der Waals surface area contributed by atoms with Gasteiger partial charge in [-0.05, 0) is 98.5 Å². The first-order chi connectivity index (χ1) is 23.3. The summed E-state index contributed by atoms with van der Waals surface area (Å²) in [4.78, 5) is 38.4. The molecule has 4 aromatic rings. The first kappa shape index (κ1) is 31.5. The summed E-state index contributed by atoms with van der Waals surface area (Å²) in [7, 11) is 0. The molecule has 0 saturated heterocycles. The molecule has 48 heavy (non-hydrogen) atoms. The highest BCUT2D eigenvalue weighted by Gasteiger charge is 2.45. The van der Waals surface area contributed by atoms with Crippen molar-refractivity contribution in [2.75, 3.05) is 18.5 Å². The molecule has 9 heteroatoms. The van der Waals surface area contributed by atoms with Crippen molar-refractivity contribution in [3.05, 3.63) is 83.4 Å². The van der Waals surface area contributed by atoms with Crippen molar-refractivity contribution in [1.82, 2.24) is 9.88 Å². The van der Waals surface area contributed by atoms with Crippen LogP contribution >= 0.6 is 0 Å². The van der Waals surface area contributed by atoms with E-state index in [2.05, 4.69) is 27.3 Å². The van der Waals surface area contributed by atoms with Crippen LogP contribution in [-0.4, -0.2) is 46.2 Å². The second-order valence-electron chi connectivity index (χ2n) is 13.1. The van der Waals surface area contributed by atoms with Crippen LogP contribution in [0.25, 0.3) is 28.2 Å². The molecule has 3 aromatic carbocycles. The summed E-state index contributed by atoms with van der Waals surface area (Å²) in [5, 5.41) is 16.2. The number of aromatic nitrogens is 1. The van der Waals surface area contributed by atoms with E-state index in [0.717, 1.165) is 47.9 Å². The van der Waals surface area contributed by atoms with Gasteiger partial charge in [-0.15, -0.1) is 0 Å². The number of fused-ring (bicyclic) bond motifs is 5. The number of aliphatic carboxylic acids is 1. The van der Waals surface area contributed by atoms with E-state index in [-0.39, 0.29) is 11.8 Å². The molecule has 2 aliphatic carbocycles. The molecule has 0 radical (unpaired) electrons. The van der Waals surface area contributed by atoms with E-state index < -0.39 is 11.5 Å². The van der Waals surface area contributed by atoms with Crippen LogP contribution in [0.3, 0.4) is 0 Å². The van der Waals surface area contributed by atoms with Crippen molar-refractivity contribution >= 4 is 40.4 Å². The second-order valence-corrected chi connectivity index (χ2v) is 13.1. The number of anilines is 1. The highest BCUT2D eigenvalue weighted by molar-refractivity contribution is 6.06. The zero-order chi connectivity index (χ0) is 33.3. The maximum absolute atomic E-state index is 13.9. The van der Waals surface area contributed by atoms with Gasteiger partial charge in [0, 0.05) is 39.9 Å². The lowest BCUT2D eigenvalue weighted by atomic mass is 9.75. The van der Waals surface area contributed by atoms with Gasteiger partial charge in [-0.2, -0.15) is 0 Å². The molecule has 2 saturated carbocycles. The third-order valence-electron chi connectivity index (χ3n) is 10.0. The number of carbonyl (C=O) groups excluding carboxylic acids is 2. The Morgan fingerprint density at radius 2 is 1.85 bits per heavy atom. The van der Waals surface area contributed by atoms with Crippen LogP contribution in [-0.2, 0) is 16.1 Å². The minimum Gasteiger partial charge on any atom is -0.494 e. The van der Waals surface area contributed by atoms with E-state index in [1.165, 1.54) is 42.0 Å². The molecule has 3 N–H and O–H groups in total. The van der Waals surface area contributed by atoms with Crippen molar-refractivity contribution < 1.29 is 29.0 Å². The molecule has 248 valence electrons. The van der Waals surface area contributed by atoms with Crippen LogP contribution < -0.4 is 20.1 Å². The number of hydrogen-bond donors (Lipinski definition) is 3. The number of nitrogens with zero attached hydrogens (tertiary/aromatic N) is 1. The lowest BCUT2D eigenvalue weighted by Crippen LogP contribution is -2.61. The minimum atomic E-state index is -1.05. The number of carboxylic acid groups (broad SMARTS) is 1. The van der Waals surface area contributed by atoms with Crippen LogP contribution in [0.4, 0.5) is 5.69 Å². The number of nitrogens with one attached hydrogen (secondary N) is 2. The number of ether oxygens (including phenoxy) is 2. The second kappa shape index (κ2) is 13.2. The van der Waals surface area contributed by atoms with Crippen LogP contribution in [0.2, 0.25) is 0 Å². The monoisotopic (exact) mass is 647 g/mol. The first-order valence-corrected chi connectivity index (χ1v) is 17.1. The predicted molar refractivity (Wildman–Crippen MR) is 186 cm³/mol. The lowest BCUT2D eigenvalue weighted by Gasteiger charge is -2.40. The average molecular weight is 648 g/mol. The fraction of sp³-hybridized carbons (Fsp3) is 0.359. The van der Waals surface area contributed by atoms with Crippen LogP contribution in [0.1, 0.15) is 85.7 Å². The molecule has 7 rings (SSSR count). The molecule has 9 nitrogen and oxygen atoms in total. The predicted octanol–water partition coefficient (Wildman–Crippen LogP) is 7.54. The average Bonchev–Trinajstić information content (AvgIpc) is 3.27. The standard InChI is InChI=1S/C39H41N3O6/c1-2-47-29-14-16-31-33(24-29)48-21-20-42-32-23-27(13-15-30(32)35(36(31)42)26-9-4-3-5-10-26)37(45)41-39(18-7-19-39)38(46)40-28-11-6-8-25(22-28)12-17-34(43)44/h6,8,11-17,22-24,26H,2-5,7,9-10,18-21H2,1H3,(H,40,46)(H,41,45)(H,43,44). The minimum absolute atomic E-state index is 0.279. The topological polar surface area (TPSA) is 119 Å². The number of hydrogen-bond acceptors (Lipinski definition) is 5. The number of rotatable bonds is 9. The van der Waals surface area contributed by atoms with Gasteiger partial charge in [0.1, 0.15) is 23.6 Å². The Balaban J connectivity index is 1.21. The number of carbonyl (C=O) groups is 3. The van der Waals surface area contributed by atoms with E-state index in [1.54, 1.807) is 24.3 Å². The fourth-order valence-corrected chi connectivity index (χ4v) is 7.53. The van der Waals surface area contributed by atoms with Crippen molar-refractivity contribution in [2.45, 2.75) is 76.3 Å². The van der Waals surface area contributed by atoms with E-state index >= 15 is 0 Å². The SMILES string of the molecule is CCOc1ccc2c(c1)OCCn1c-2c(C2CCCCC2)c2ccc(C(=O)NC3(C(=O)Nc4cccc(C=CC(=O)O)c4)CCC3)cc21. The van der Waals surface area contributed by atoms with Gasteiger partial charge in [-0.25, -0.2) is 4.79 Å². The Hall–Kier alpha value is -5.05. The maximum Gasteiger partial charge on any atom is 0.328 e. The Morgan fingerprint density at radius 3 is 2.60 bits per heavy atom. The van der Waals surface area contributed by atoms with E-state index in [4.69, 9.17) is 14.6 Å². The Kier molecular flexibility index (Phi) is 8.69. The molecule has 1 aliphatic heterocycles. The summed E-state index contributed by atoms with van der Waals surface area (Å²) >= 11 is 0. The summed E-state index contributed by atoms with van der Waals surface area (Å²) in [5.41, 5.74) is 5.23. The highest BCUT2D eigenvalue weighted by Crippen LogP contribution is 2.48. The van der Waals surface area contributed by atoms with E-state index in [9.17, 15) is 14.4 Å². The lowest BCUT2D eigenvalue weighted by molar-refractivity contribution is -0.131. The number of amides is 2.